The average Bonchev–Trinajstić information content (AvgIpc) is 2.96. The van der Waals surface area contributed by atoms with E-state index in [-0.39, 0.29) is 11.9 Å². The summed E-state index contributed by atoms with van der Waals surface area (Å²) in [6.07, 6.45) is 3.13. The van der Waals surface area contributed by atoms with Crippen LogP contribution >= 0.6 is 0 Å². The zero-order valence-electron chi connectivity index (χ0n) is 12.2. The predicted octanol–water partition coefficient (Wildman–Crippen LogP) is 1.72. The number of rotatable bonds is 4. The van der Waals surface area contributed by atoms with Gasteiger partial charge < -0.3 is 15.2 Å². The number of nitrogens with two attached hydrogens (primary N) is 1. The number of hydrogen-bond donors (Lipinski definition) is 1. The van der Waals surface area contributed by atoms with Crippen LogP contribution in [0.2, 0.25) is 0 Å². The first kappa shape index (κ1) is 14.0. The summed E-state index contributed by atoms with van der Waals surface area (Å²) >= 11 is 0. The maximum Gasteiger partial charge on any atom is 0.152 e. The van der Waals surface area contributed by atoms with Gasteiger partial charge in [-0.3, -0.25) is 0 Å². The van der Waals surface area contributed by atoms with Crippen molar-refractivity contribution in [2.24, 2.45) is 5.73 Å². The van der Waals surface area contributed by atoms with Gasteiger partial charge in [0.2, 0.25) is 0 Å². The van der Waals surface area contributed by atoms with Crippen LogP contribution < -0.4 is 10.6 Å². The van der Waals surface area contributed by atoms with E-state index in [1.807, 2.05) is 17.6 Å². The fraction of sp³-hybridized carbons (Fsp3) is 0.467. The summed E-state index contributed by atoms with van der Waals surface area (Å²) in [5.41, 5.74) is 7.65. The van der Waals surface area contributed by atoms with Gasteiger partial charge in [-0.1, -0.05) is 13.0 Å². The van der Waals surface area contributed by atoms with Crippen LogP contribution in [-0.4, -0.2) is 27.4 Å². The average molecular weight is 289 g/mol. The Morgan fingerprint density at radius 1 is 1.38 bits per heavy atom. The minimum atomic E-state index is -0.177. The molecule has 1 aliphatic heterocycles. The Bertz CT molecular complexity index is 624. The van der Waals surface area contributed by atoms with E-state index in [4.69, 9.17) is 5.73 Å². The van der Waals surface area contributed by atoms with Crippen LogP contribution in [0.1, 0.15) is 24.7 Å². The Morgan fingerprint density at radius 3 is 3.05 bits per heavy atom. The van der Waals surface area contributed by atoms with Crippen LogP contribution in [0.4, 0.5) is 10.1 Å². The van der Waals surface area contributed by atoms with Crippen LogP contribution in [-0.2, 0) is 19.5 Å². The SMILES string of the molecule is CCC(N)Cc1c(F)cccc1N1CCn2cnnc2C1. The molecule has 21 heavy (non-hydrogen) atoms. The number of nitrogens with zero attached hydrogens (tertiary/aromatic N) is 4. The quantitative estimate of drug-likeness (QED) is 0.931. The first-order valence-electron chi connectivity index (χ1n) is 7.33. The predicted molar refractivity (Wildman–Crippen MR) is 79.4 cm³/mol. The van der Waals surface area contributed by atoms with E-state index in [0.717, 1.165) is 31.0 Å². The molecular formula is C15H20FN5. The minimum absolute atomic E-state index is 0.0194. The van der Waals surface area contributed by atoms with Crippen molar-refractivity contribution in [1.29, 1.82) is 0 Å². The summed E-state index contributed by atoms with van der Waals surface area (Å²) in [4.78, 5) is 2.16. The van der Waals surface area contributed by atoms with Crippen LogP contribution in [0.25, 0.3) is 0 Å². The molecule has 0 saturated carbocycles. The highest BCUT2D eigenvalue weighted by Crippen LogP contribution is 2.27. The van der Waals surface area contributed by atoms with E-state index in [0.29, 0.717) is 18.5 Å². The molecule has 1 unspecified atom stereocenters. The van der Waals surface area contributed by atoms with Crippen molar-refractivity contribution < 1.29 is 4.39 Å². The molecule has 0 amide bonds. The first-order valence-corrected chi connectivity index (χ1v) is 7.33. The monoisotopic (exact) mass is 289 g/mol. The minimum Gasteiger partial charge on any atom is -0.362 e. The molecule has 2 aromatic rings. The summed E-state index contributed by atoms with van der Waals surface area (Å²) in [5.74, 6) is 0.736. The fourth-order valence-electron chi connectivity index (χ4n) is 2.72. The highest BCUT2D eigenvalue weighted by molar-refractivity contribution is 5.55. The fourth-order valence-corrected chi connectivity index (χ4v) is 2.72. The van der Waals surface area contributed by atoms with Gasteiger partial charge in [0, 0.05) is 30.4 Å². The zero-order chi connectivity index (χ0) is 14.8. The largest absolute Gasteiger partial charge is 0.362 e. The summed E-state index contributed by atoms with van der Waals surface area (Å²) in [6.45, 7) is 4.31. The Balaban J connectivity index is 1.90. The van der Waals surface area contributed by atoms with Gasteiger partial charge in [0.05, 0.1) is 6.54 Å². The van der Waals surface area contributed by atoms with Crippen LogP contribution in [0.5, 0.6) is 0 Å². The van der Waals surface area contributed by atoms with Gasteiger partial charge in [0.1, 0.15) is 12.1 Å². The van der Waals surface area contributed by atoms with E-state index < -0.39 is 0 Å². The van der Waals surface area contributed by atoms with E-state index in [2.05, 4.69) is 15.1 Å². The van der Waals surface area contributed by atoms with Gasteiger partial charge in [-0.2, -0.15) is 0 Å². The third kappa shape index (κ3) is 2.76. The van der Waals surface area contributed by atoms with Crippen LogP contribution in [0, 0.1) is 5.82 Å². The molecule has 0 radical (unpaired) electrons. The molecule has 0 fully saturated rings. The van der Waals surface area contributed by atoms with Crippen LogP contribution in [0.3, 0.4) is 0 Å². The van der Waals surface area contributed by atoms with Gasteiger partial charge in [-0.05, 0) is 25.0 Å². The molecule has 6 heteroatoms. The molecule has 0 aliphatic carbocycles. The molecule has 5 nitrogen and oxygen atoms in total. The van der Waals surface area contributed by atoms with E-state index in [9.17, 15) is 4.39 Å². The molecule has 0 saturated heterocycles. The summed E-state index contributed by atoms with van der Waals surface area (Å²) < 4.78 is 16.3. The first-order chi connectivity index (χ1) is 10.2. The lowest BCUT2D eigenvalue weighted by Crippen LogP contribution is -2.35. The van der Waals surface area contributed by atoms with E-state index in [1.165, 1.54) is 6.07 Å². The number of hydrogen-bond acceptors (Lipinski definition) is 4. The molecule has 0 bridgehead atoms. The Labute approximate surface area is 123 Å². The van der Waals surface area contributed by atoms with Gasteiger partial charge in [-0.25, -0.2) is 4.39 Å². The molecule has 3 rings (SSSR count). The third-order valence-corrected chi connectivity index (χ3v) is 4.06. The maximum atomic E-state index is 14.2. The number of benzene rings is 1. The lowest BCUT2D eigenvalue weighted by Gasteiger charge is -2.31. The third-order valence-electron chi connectivity index (χ3n) is 4.06. The van der Waals surface area contributed by atoms with E-state index >= 15 is 0 Å². The van der Waals surface area contributed by atoms with Crippen molar-refractivity contribution in [3.05, 3.63) is 41.7 Å². The number of anilines is 1. The highest BCUT2D eigenvalue weighted by atomic mass is 19.1. The summed E-state index contributed by atoms with van der Waals surface area (Å²) in [6, 6.07) is 5.21. The number of aromatic nitrogens is 3. The molecule has 112 valence electrons. The molecule has 1 aromatic carbocycles. The maximum absolute atomic E-state index is 14.2. The molecular weight excluding hydrogens is 269 g/mol. The van der Waals surface area contributed by atoms with Gasteiger partial charge in [0.25, 0.3) is 0 Å². The second-order valence-electron chi connectivity index (χ2n) is 5.47. The molecule has 1 atom stereocenters. The Kier molecular flexibility index (Phi) is 3.88. The number of fused-ring (bicyclic) bond motifs is 1. The van der Waals surface area contributed by atoms with Crippen molar-refractivity contribution in [2.45, 2.75) is 38.9 Å². The van der Waals surface area contributed by atoms with Gasteiger partial charge in [-0.15, -0.1) is 10.2 Å². The molecule has 2 N–H and O–H groups in total. The summed E-state index contributed by atoms with van der Waals surface area (Å²) in [7, 11) is 0. The topological polar surface area (TPSA) is 60.0 Å². The van der Waals surface area contributed by atoms with Crippen molar-refractivity contribution in [1.82, 2.24) is 14.8 Å². The summed E-state index contributed by atoms with van der Waals surface area (Å²) in [5, 5.41) is 8.04. The zero-order valence-corrected chi connectivity index (χ0v) is 12.2. The molecule has 2 heterocycles. The Morgan fingerprint density at radius 2 is 2.24 bits per heavy atom. The smallest absolute Gasteiger partial charge is 0.152 e. The highest BCUT2D eigenvalue weighted by Gasteiger charge is 2.22. The Hall–Kier alpha value is -1.95. The lowest BCUT2D eigenvalue weighted by molar-refractivity contribution is 0.546. The van der Waals surface area contributed by atoms with Crippen LogP contribution in [0.15, 0.2) is 24.5 Å². The standard InChI is InChI=1S/C15H20FN5/c1-2-11(17)8-12-13(16)4-3-5-14(12)20-6-7-21-10-18-19-15(21)9-20/h3-5,10-11H,2,6-9,17H2,1H3. The van der Waals surface area contributed by atoms with Crippen molar-refractivity contribution in [2.75, 3.05) is 11.4 Å². The van der Waals surface area contributed by atoms with Gasteiger partial charge >= 0.3 is 0 Å². The number of halogens is 1. The molecule has 0 spiro atoms. The molecule has 1 aromatic heterocycles. The van der Waals surface area contributed by atoms with E-state index in [1.54, 1.807) is 12.4 Å². The van der Waals surface area contributed by atoms with Crippen molar-refractivity contribution in [3.8, 4) is 0 Å². The normalized spacial score (nSPS) is 15.9. The lowest BCUT2D eigenvalue weighted by atomic mass is 10.0. The van der Waals surface area contributed by atoms with Gasteiger partial charge in [0.15, 0.2) is 5.82 Å². The molecule has 1 aliphatic rings. The van der Waals surface area contributed by atoms with Crippen molar-refractivity contribution >= 4 is 5.69 Å². The second-order valence-corrected chi connectivity index (χ2v) is 5.47. The second kappa shape index (κ2) is 5.81. The van der Waals surface area contributed by atoms with Crippen molar-refractivity contribution in [3.63, 3.8) is 0 Å².